The van der Waals surface area contributed by atoms with Crippen LogP contribution in [0, 0.1) is 0 Å². The lowest BCUT2D eigenvalue weighted by Crippen LogP contribution is -2.40. The molecule has 2 amide bonds. The lowest BCUT2D eigenvalue weighted by molar-refractivity contribution is -0.122. The number of carbonyl (C=O) groups is 2. The van der Waals surface area contributed by atoms with Gasteiger partial charge in [0, 0.05) is 18.7 Å². The van der Waals surface area contributed by atoms with Crippen LogP contribution in [-0.4, -0.2) is 31.0 Å². The summed E-state index contributed by atoms with van der Waals surface area (Å²) in [6.07, 6.45) is 0. The summed E-state index contributed by atoms with van der Waals surface area (Å²) < 4.78 is 5.45. The van der Waals surface area contributed by atoms with Gasteiger partial charge in [0.25, 0.3) is 0 Å². The second-order valence-electron chi connectivity index (χ2n) is 4.14. The normalized spacial score (nSPS) is 10.9. The zero-order chi connectivity index (χ0) is 14.3. The second kappa shape index (κ2) is 9.17. The number of amides is 2. The average Bonchev–Trinajstić information content (AvgIpc) is 2.34. The van der Waals surface area contributed by atoms with E-state index in [4.69, 9.17) is 10.5 Å². The number of benzene rings is 1. The molecule has 1 aromatic carbocycles. The maximum atomic E-state index is 11.2. The van der Waals surface area contributed by atoms with Gasteiger partial charge in [-0.15, -0.1) is 12.4 Å². The quantitative estimate of drug-likeness (QED) is 0.681. The van der Waals surface area contributed by atoms with E-state index >= 15 is 0 Å². The molecule has 0 heterocycles. The van der Waals surface area contributed by atoms with Gasteiger partial charge >= 0.3 is 0 Å². The Morgan fingerprint density at radius 3 is 2.70 bits per heavy atom. The van der Waals surface area contributed by atoms with E-state index in [0.29, 0.717) is 24.6 Å². The minimum Gasteiger partial charge on any atom is -0.492 e. The first-order valence-electron chi connectivity index (χ1n) is 6.03. The first-order valence-corrected chi connectivity index (χ1v) is 6.03. The van der Waals surface area contributed by atoms with Crippen LogP contribution in [0.5, 0.6) is 5.75 Å². The van der Waals surface area contributed by atoms with Crippen molar-refractivity contribution >= 4 is 29.9 Å². The molecule has 0 fully saturated rings. The lowest BCUT2D eigenvalue weighted by atomic mass is 10.3. The molecule has 1 aromatic rings. The van der Waals surface area contributed by atoms with Crippen molar-refractivity contribution in [1.29, 1.82) is 0 Å². The third-order valence-corrected chi connectivity index (χ3v) is 2.24. The number of nitrogens with one attached hydrogen (secondary N) is 2. The van der Waals surface area contributed by atoms with Crippen molar-refractivity contribution in [2.24, 2.45) is 5.73 Å². The summed E-state index contributed by atoms with van der Waals surface area (Å²) >= 11 is 0. The Hall–Kier alpha value is -1.79. The largest absolute Gasteiger partial charge is 0.492 e. The zero-order valence-corrected chi connectivity index (χ0v) is 12.3. The van der Waals surface area contributed by atoms with Crippen molar-refractivity contribution in [2.45, 2.75) is 19.9 Å². The van der Waals surface area contributed by atoms with Crippen LogP contribution < -0.4 is 21.1 Å². The van der Waals surface area contributed by atoms with Crippen LogP contribution >= 0.6 is 12.4 Å². The molecule has 0 saturated heterocycles. The molecule has 0 saturated carbocycles. The van der Waals surface area contributed by atoms with Crippen LogP contribution in [0.4, 0.5) is 5.69 Å². The Morgan fingerprint density at radius 2 is 2.10 bits per heavy atom. The van der Waals surface area contributed by atoms with Gasteiger partial charge in [-0.1, -0.05) is 6.07 Å². The van der Waals surface area contributed by atoms with Crippen LogP contribution in [0.25, 0.3) is 0 Å². The first-order chi connectivity index (χ1) is 8.99. The first kappa shape index (κ1) is 18.2. The Bertz CT molecular complexity index is 452. The number of halogens is 1. The zero-order valence-electron chi connectivity index (χ0n) is 11.5. The number of hydrogen-bond donors (Lipinski definition) is 3. The molecule has 1 rings (SSSR count). The van der Waals surface area contributed by atoms with Crippen LogP contribution in [-0.2, 0) is 9.59 Å². The minimum absolute atomic E-state index is 0. The van der Waals surface area contributed by atoms with E-state index in [0.717, 1.165) is 0 Å². The van der Waals surface area contributed by atoms with Crippen LogP contribution in [0.1, 0.15) is 13.8 Å². The van der Waals surface area contributed by atoms with Crippen molar-refractivity contribution in [1.82, 2.24) is 5.32 Å². The van der Waals surface area contributed by atoms with E-state index in [1.54, 1.807) is 31.2 Å². The molecule has 4 N–H and O–H groups in total. The van der Waals surface area contributed by atoms with Gasteiger partial charge in [0.05, 0.1) is 12.6 Å². The molecule has 0 aliphatic carbocycles. The maximum absolute atomic E-state index is 11.2. The van der Waals surface area contributed by atoms with Gasteiger partial charge in [-0.3, -0.25) is 9.59 Å². The van der Waals surface area contributed by atoms with E-state index in [1.165, 1.54) is 6.92 Å². The number of anilines is 1. The fraction of sp³-hybridized carbons (Fsp3) is 0.385. The number of hydrogen-bond acceptors (Lipinski definition) is 4. The summed E-state index contributed by atoms with van der Waals surface area (Å²) in [5.74, 6) is 0.276. The summed E-state index contributed by atoms with van der Waals surface area (Å²) in [5.41, 5.74) is 6.07. The molecule has 20 heavy (non-hydrogen) atoms. The number of nitrogens with two attached hydrogens (primary N) is 1. The van der Waals surface area contributed by atoms with Crippen LogP contribution in [0.2, 0.25) is 0 Å². The highest BCUT2D eigenvalue weighted by molar-refractivity contribution is 5.88. The van der Waals surface area contributed by atoms with E-state index in [9.17, 15) is 9.59 Å². The number of rotatable bonds is 6. The predicted molar refractivity (Wildman–Crippen MR) is 80.1 cm³/mol. The van der Waals surface area contributed by atoms with Crippen LogP contribution in [0.3, 0.4) is 0 Å². The van der Waals surface area contributed by atoms with E-state index in [-0.39, 0.29) is 24.2 Å². The SMILES string of the molecule is CC(=O)Nc1cccc(OCCNC(=O)[C@@H](C)N)c1.Cl. The smallest absolute Gasteiger partial charge is 0.236 e. The highest BCUT2D eigenvalue weighted by atomic mass is 35.5. The van der Waals surface area contributed by atoms with Crippen molar-refractivity contribution in [2.75, 3.05) is 18.5 Å². The molecular weight excluding hydrogens is 282 g/mol. The molecule has 7 heteroatoms. The molecule has 0 aliphatic rings. The van der Waals surface area contributed by atoms with E-state index < -0.39 is 6.04 Å². The maximum Gasteiger partial charge on any atom is 0.236 e. The van der Waals surface area contributed by atoms with Gasteiger partial charge in [0.1, 0.15) is 12.4 Å². The van der Waals surface area contributed by atoms with Gasteiger partial charge < -0.3 is 21.1 Å². The Morgan fingerprint density at radius 1 is 1.40 bits per heavy atom. The Balaban J connectivity index is 0.00000361. The van der Waals surface area contributed by atoms with E-state index in [2.05, 4.69) is 10.6 Å². The third kappa shape index (κ3) is 6.96. The second-order valence-corrected chi connectivity index (χ2v) is 4.14. The average molecular weight is 302 g/mol. The van der Waals surface area contributed by atoms with Gasteiger partial charge in [0.2, 0.25) is 11.8 Å². The summed E-state index contributed by atoms with van der Waals surface area (Å²) in [7, 11) is 0. The van der Waals surface area contributed by atoms with Gasteiger partial charge in [-0.25, -0.2) is 0 Å². The van der Waals surface area contributed by atoms with Crippen LogP contribution in [0.15, 0.2) is 24.3 Å². The molecule has 0 unspecified atom stereocenters. The fourth-order valence-electron chi connectivity index (χ4n) is 1.37. The molecule has 0 spiro atoms. The molecule has 0 aliphatic heterocycles. The minimum atomic E-state index is -0.525. The van der Waals surface area contributed by atoms with Crippen molar-refractivity contribution in [3.63, 3.8) is 0 Å². The number of ether oxygens (including phenoxy) is 1. The summed E-state index contributed by atoms with van der Waals surface area (Å²) in [6.45, 7) is 3.77. The highest BCUT2D eigenvalue weighted by Crippen LogP contribution is 2.16. The summed E-state index contributed by atoms with van der Waals surface area (Å²) in [4.78, 5) is 22.1. The van der Waals surface area contributed by atoms with Gasteiger partial charge in [-0.05, 0) is 19.1 Å². The van der Waals surface area contributed by atoms with E-state index in [1.807, 2.05) is 0 Å². The Labute approximate surface area is 124 Å². The van der Waals surface area contributed by atoms with Crippen molar-refractivity contribution in [3.8, 4) is 5.75 Å². The molecule has 6 nitrogen and oxygen atoms in total. The molecular formula is C13H20ClN3O3. The van der Waals surface area contributed by atoms with Gasteiger partial charge in [0.15, 0.2) is 0 Å². The monoisotopic (exact) mass is 301 g/mol. The lowest BCUT2D eigenvalue weighted by Gasteiger charge is -2.10. The highest BCUT2D eigenvalue weighted by Gasteiger charge is 2.05. The standard InChI is InChI=1S/C13H19N3O3.ClH/c1-9(14)13(18)15-6-7-19-12-5-3-4-11(8-12)16-10(2)17;/h3-5,8-9H,6-7,14H2,1-2H3,(H,15,18)(H,16,17);1H/t9-;/m1./s1. The van der Waals surface area contributed by atoms with Gasteiger partial charge in [-0.2, -0.15) is 0 Å². The number of carbonyl (C=O) groups excluding carboxylic acids is 2. The predicted octanol–water partition coefficient (Wildman–Crippen LogP) is 0.909. The molecule has 1 atom stereocenters. The summed E-state index contributed by atoms with van der Waals surface area (Å²) in [6, 6.07) is 6.52. The third-order valence-electron chi connectivity index (χ3n) is 2.24. The Kier molecular flexibility index (Phi) is 8.35. The molecule has 0 bridgehead atoms. The van der Waals surface area contributed by atoms with Crippen molar-refractivity contribution in [3.05, 3.63) is 24.3 Å². The fourth-order valence-corrected chi connectivity index (χ4v) is 1.37. The molecule has 112 valence electrons. The van der Waals surface area contributed by atoms with Crippen molar-refractivity contribution < 1.29 is 14.3 Å². The molecule has 0 aromatic heterocycles. The summed E-state index contributed by atoms with van der Waals surface area (Å²) in [5, 5.41) is 5.30. The topological polar surface area (TPSA) is 93.5 Å². The molecule has 0 radical (unpaired) electrons.